The molecule has 4 nitrogen and oxygen atoms in total. The second-order valence-corrected chi connectivity index (χ2v) is 6.38. The Kier molecular flexibility index (Phi) is 4.77. The van der Waals surface area contributed by atoms with E-state index < -0.39 is 32.6 Å². The smallest absolute Gasteiger partial charge is 0.244 e. The maximum atomic E-state index is 13.6. The largest absolute Gasteiger partial charge is 0.497 e. The van der Waals surface area contributed by atoms with E-state index >= 15 is 0 Å². The van der Waals surface area contributed by atoms with Gasteiger partial charge in [-0.3, -0.25) is 0 Å². The summed E-state index contributed by atoms with van der Waals surface area (Å²) in [6.45, 7) is 1.60. The molecular weight excluding hydrogens is 312 g/mol. The molecule has 0 aliphatic carbocycles. The lowest BCUT2D eigenvalue weighted by atomic mass is 10.1. The number of rotatable bonds is 5. The van der Waals surface area contributed by atoms with Crippen molar-refractivity contribution in [1.82, 2.24) is 4.72 Å². The second-order valence-electron chi connectivity index (χ2n) is 4.69. The van der Waals surface area contributed by atoms with Gasteiger partial charge in [-0.05, 0) is 42.8 Å². The van der Waals surface area contributed by atoms with Gasteiger partial charge in [0.05, 0.1) is 7.11 Å². The molecule has 0 radical (unpaired) electrons. The number of benzene rings is 2. The molecule has 0 saturated heterocycles. The summed E-state index contributed by atoms with van der Waals surface area (Å²) in [6.07, 6.45) is 0. The van der Waals surface area contributed by atoms with E-state index in [9.17, 15) is 17.2 Å². The van der Waals surface area contributed by atoms with Gasteiger partial charge in [0, 0.05) is 6.04 Å². The lowest BCUT2D eigenvalue weighted by Crippen LogP contribution is -2.27. The molecular formula is C15H15F2NO3S. The Morgan fingerprint density at radius 3 is 2.55 bits per heavy atom. The molecule has 0 fully saturated rings. The number of sulfonamides is 1. The first kappa shape index (κ1) is 16.4. The highest BCUT2D eigenvalue weighted by Crippen LogP contribution is 2.22. The summed E-state index contributed by atoms with van der Waals surface area (Å²) in [6, 6.07) is 8.45. The molecule has 2 aromatic rings. The van der Waals surface area contributed by atoms with E-state index in [1.807, 2.05) is 0 Å². The summed E-state index contributed by atoms with van der Waals surface area (Å²) < 4.78 is 58.6. The van der Waals surface area contributed by atoms with Crippen molar-refractivity contribution in [1.29, 1.82) is 0 Å². The molecule has 22 heavy (non-hydrogen) atoms. The average Bonchev–Trinajstić information content (AvgIpc) is 2.49. The highest BCUT2D eigenvalue weighted by atomic mass is 32.2. The molecule has 0 aliphatic heterocycles. The van der Waals surface area contributed by atoms with Crippen molar-refractivity contribution in [2.45, 2.75) is 17.9 Å². The first-order valence-electron chi connectivity index (χ1n) is 6.45. The van der Waals surface area contributed by atoms with Crippen LogP contribution < -0.4 is 9.46 Å². The predicted octanol–water partition coefficient (Wildman–Crippen LogP) is 3.01. The molecule has 7 heteroatoms. The topological polar surface area (TPSA) is 55.4 Å². The van der Waals surface area contributed by atoms with Crippen molar-refractivity contribution < 1.29 is 21.9 Å². The van der Waals surface area contributed by atoms with E-state index in [-0.39, 0.29) is 0 Å². The van der Waals surface area contributed by atoms with Crippen LogP contribution in [-0.2, 0) is 10.0 Å². The van der Waals surface area contributed by atoms with E-state index in [4.69, 9.17) is 4.74 Å². The Balaban J connectivity index is 2.29. The van der Waals surface area contributed by atoms with Crippen LogP contribution in [0.3, 0.4) is 0 Å². The molecule has 1 N–H and O–H groups in total. The molecule has 2 rings (SSSR count). The van der Waals surface area contributed by atoms with Crippen molar-refractivity contribution in [2.75, 3.05) is 7.11 Å². The second kappa shape index (κ2) is 6.41. The molecule has 0 spiro atoms. The minimum absolute atomic E-state index is 0.570. The van der Waals surface area contributed by atoms with Crippen molar-refractivity contribution in [2.24, 2.45) is 0 Å². The van der Waals surface area contributed by atoms with Crippen molar-refractivity contribution in [3.05, 3.63) is 59.7 Å². The first-order valence-corrected chi connectivity index (χ1v) is 7.93. The monoisotopic (exact) mass is 327 g/mol. The quantitative estimate of drug-likeness (QED) is 0.918. The number of hydrogen-bond acceptors (Lipinski definition) is 3. The summed E-state index contributed by atoms with van der Waals surface area (Å²) in [5.41, 5.74) is 0.639. The lowest BCUT2D eigenvalue weighted by molar-refractivity contribution is 0.413. The molecule has 0 bridgehead atoms. The van der Waals surface area contributed by atoms with Gasteiger partial charge in [-0.25, -0.2) is 21.9 Å². The highest BCUT2D eigenvalue weighted by Gasteiger charge is 2.22. The summed E-state index contributed by atoms with van der Waals surface area (Å²) in [4.78, 5) is -0.720. The minimum atomic E-state index is -4.19. The Morgan fingerprint density at radius 1 is 1.14 bits per heavy atom. The summed E-state index contributed by atoms with van der Waals surface area (Å²) >= 11 is 0. The molecule has 0 saturated carbocycles. The van der Waals surface area contributed by atoms with Gasteiger partial charge in [0.2, 0.25) is 10.0 Å². The normalized spacial score (nSPS) is 12.9. The van der Waals surface area contributed by atoms with Crippen LogP contribution in [0.25, 0.3) is 0 Å². The van der Waals surface area contributed by atoms with Crippen LogP contribution in [0.15, 0.2) is 47.4 Å². The zero-order valence-electron chi connectivity index (χ0n) is 12.0. The molecule has 0 unspecified atom stereocenters. The molecule has 0 heterocycles. The third kappa shape index (κ3) is 3.61. The van der Waals surface area contributed by atoms with E-state index in [0.29, 0.717) is 17.4 Å². The van der Waals surface area contributed by atoms with Crippen LogP contribution in [0.2, 0.25) is 0 Å². The van der Waals surface area contributed by atoms with Gasteiger partial charge < -0.3 is 4.74 Å². The third-order valence-corrected chi connectivity index (χ3v) is 4.66. The van der Waals surface area contributed by atoms with Gasteiger partial charge in [0.25, 0.3) is 0 Å². The van der Waals surface area contributed by atoms with Crippen LogP contribution in [0, 0.1) is 11.6 Å². The average molecular weight is 327 g/mol. The Bertz CT molecular complexity index is 778. The van der Waals surface area contributed by atoms with Crippen LogP contribution in [0.4, 0.5) is 8.78 Å². The molecule has 0 aliphatic rings. The number of ether oxygens (including phenoxy) is 1. The minimum Gasteiger partial charge on any atom is -0.497 e. The van der Waals surface area contributed by atoms with Crippen LogP contribution in [0.5, 0.6) is 5.75 Å². The zero-order chi connectivity index (χ0) is 16.3. The Morgan fingerprint density at radius 2 is 1.86 bits per heavy atom. The summed E-state index contributed by atoms with van der Waals surface area (Å²) in [5, 5.41) is 0. The number of halogens is 2. The van der Waals surface area contributed by atoms with Gasteiger partial charge in [-0.2, -0.15) is 0 Å². The fraction of sp³-hybridized carbons (Fsp3) is 0.200. The standard InChI is InChI=1S/C15H15F2NO3S/c1-10(11-4-3-5-13(8-11)21-2)18-22(19,20)15-9-12(16)6-7-14(15)17/h3-10,18H,1-2H3/t10-/m1/s1. The lowest BCUT2D eigenvalue weighted by Gasteiger charge is -2.16. The summed E-state index contributed by atoms with van der Waals surface area (Å²) in [7, 11) is -2.69. The van der Waals surface area contributed by atoms with Crippen molar-refractivity contribution in [3.8, 4) is 5.75 Å². The van der Waals surface area contributed by atoms with E-state index in [2.05, 4.69) is 4.72 Å². The van der Waals surface area contributed by atoms with Crippen LogP contribution >= 0.6 is 0 Å². The van der Waals surface area contributed by atoms with Crippen molar-refractivity contribution >= 4 is 10.0 Å². The Labute approximate surface area is 127 Å². The number of hydrogen-bond donors (Lipinski definition) is 1. The van der Waals surface area contributed by atoms with E-state index in [1.165, 1.54) is 7.11 Å². The number of methoxy groups -OCH3 is 1. The molecule has 0 aromatic heterocycles. The Hall–Kier alpha value is -1.99. The van der Waals surface area contributed by atoms with Crippen LogP contribution in [0.1, 0.15) is 18.5 Å². The first-order chi connectivity index (χ1) is 10.3. The SMILES string of the molecule is COc1cccc([C@@H](C)NS(=O)(=O)c2cc(F)ccc2F)c1. The fourth-order valence-corrected chi connectivity index (χ4v) is 3.28. The zero-order valence-corrected chi connectivity index (χ0v) is 12.8. The molecule has 118 valence electrons. The van der Waals surface area contributed by atoms with E-state index in [0.717, 1.165) is 12.1 Å². The van der Waals surface area contributed by atoms with Crippen molar-refractivity contribution in [3.63, 3.8) is 0 Å². The molecule has 2 aromatic carbocycles. The van der Waals surface area contributed by atoms with Gasteiger partial charge >= 0.3 is 0 Å². The van der Waals surface area contributed by atoms with Gasteiger partial charge in [0.15, 0.2) is 0 Å². The summed E-state index contributed by atoms with van der Waals surface area (Å²) in [5.74, 6) is -1.26. The molecule has 0 amide bonds. The molecule has 1 atom stereocenters. The highest BCUT2D eigenvalue weighted by molar-refractivity contribution is 7.89. The van der Waals surface area contributed by atoms with E-state index in [1.54, 1.807) is 31.2 Å². The van der Waals surface area contributed by atoms with Gasteiger partial charge in [-0.15, -0.1) is 0 Å². The fourth-order valence-electron chi connectivity index (χ4n) is 1.96. The van der Waals surface area contributed by atoms with Gasteiger partial charge in [-0.1, -0.05) is 12.1 Å². The van der Waals surface area contributed by atoms with Crippen LogP contribution in [-0.4, -0.2) is 15.5 Å². The van der Waals surface area contributed by atoms with Gasteiger partial charge in [0.1, 0.15) is 22.3 Å². The maximum absolute atomic E-state index is 13.6. The third-order valence-electron chi connectivity index (χ3n) is 3.11. The predicted molar refractivity (Wildman–Crippen MR) is 78.1 cm³/mol. The maximum Gasteiger partial charge on any atom is 0.244 e. The number of nitrogens with one attached hydrogen (secondary N) is 1.